The second-order valence-corrected chi connectivity index (χ2v) is 7.63. The fourth-order valence-corrected chi connectivity index (χ4v) is 4.74. The molecule has 0 spiro atoms. The Kier molecular flexibility index (Phi) is 4.70. The summed E-state index contributed by atoms with van der Waals surface area (Å²) in [6.07, 6.45) is 0. The summed E-state index contributed by atoms with van der Waals surface area (Å²) >= 11 is 1.42. The van der Waals surface area contributed by atoms with Gasteiger partial charge < -0.3 is 19.3 Å². The van der Waals surface area contributed by atoms with E-state index >= 15 is 0 Å². The molecule has 2 bridgehead atoms. The lowest BCUT2D eigenvalue weighted by atomic mass is 10.1. The Labute approximate surface area is 162 Å². The van der Waals surface area contributed by atoms with E-state index in [4.69, 9.17) is 9.47 Å². The number of hydrogen-bond donors (Lipinski definition) is 0. The van der Waals surface area contributed by atoms with Crippen molar-refractivity contribution in [1.82, 2.24) is 9.80 Å². The van der Waals surface area contributed by atoms with Crippen molar-refractivity contribution in [3.8, 4) is 11.5 Å². The number of carbonyl (C=O) groups excluding carboxylic acids is 2. The molecule has 140 valence electrons. The molecule has 2 aromatic carbocycles. The lowest BCUT2D eigenvalue weighted by Gasteiger charge is -2.32. The quantitative estimate of drug-likeness (QED) is 0.766. The molecule has 2 saturated heterocycles. The minimum absolute atomic E-state index is 0.00562. The first-order chi connectivity index (χ1) is 13.1. The molecule has 0 N–H and O–H groups in total. The predicted molar refractivity (Wildman–Crippen MR) is 102 cm³/mol. The zero-order chi connectivity index (χ0) is 19.0. The number of rotatable bonds is 6. The second-order valence-electron chi connectivity index (χ2n) is 6.47. The van der Waals surface area contributed by atoms with Gasteiger partial charge in [0.2, 0.25) is 0 Å². The van der Waals surface area contributed by atoms with Gasteiger partial charge in [-0.05, 0) is 35.4 Å². The van der Waals surface area contributed by atoms with Gasteiger partial charge in [0, 0.05) is 13.1 Å². The lowest BCUT2D eigenvalue weighted by Crippen LogP contribution is -2.52. The van der Waals surface area contributed by atoms with Crippen molar-refractivity contribution >= 4 is 23.6 Å². The van der Waals surface area contributed by atoms with Crippen LogP contribution >= 0.6 is 11.8 Å². The van der Waals surface area contributed by atoms with Crippen LogP contribution in [0.3, 0.4) is 0 Å². The van der Waals surface area contributed by atoms with Crippen LogP contribution in [-0.4, -0.2) is 46.6 Å². The molecule has 27 heavy (non-hydrogen) atoms. The number of nitrogens with zero attached hydrogens (tertiary/aromatic N) is 2. The van der Waals surface area contributed by atoms with Crippen LogP contribution in [0.5, 0.6) is 11.5 Å². The average molecular weight is 384 g/mol. The van der Waals surface area contributed by atoms with E-state index in [1.807, 2.05) is 48.5 Å². The summed E-state index contributed by atoms with van der Waals surface area (Å²) < 4.78 is 10.3. The normalized spacial score (nSPS) is 21.1. The van der Waals surface area contributed by atoms with Gasteiger partial charge >= 0.3 is 0 Å². The molecule has 2 aliphatic heterocycles. The molecule has 2 heterocycles. The Morgan fingerprint density at radius 2 is 1.11 bits per heavy atom. The summed E-state index contributed by atoms with van der Waals surface area (Å²) in [6, 6.07) is 15.1. The van der Waals surface area contributed by atoms with Crippen LogP contribution in [-0.2, 0) is 22.7 Å². The van der Waals surface area contributed by atoms with E-state index in [1.165, 1.54) is 11.8 Å². The number of piperazine rings is 1. The zero-order valence-corrected chi connectivity index (χ0v) is 15.9. The third kappa shape index (κ3) is 3.23. The minimum atomic E-state index is -0.442. The number of ether oxygens (including phenoxy) is 2. The van der Waals surface area contributed by atoms with Crippen molar-refractivity contribution in [3.05, 3.63) is 59.7 Å². The fourth-order valence-electron chi connectivity index (χ4n) is 3.34. The molecule has 2 fully saturated rings. The summed E-state index contributed by atoms with van der Waals surface area (Å²) in [6.45, 7) is 0.859. The highest BCUT2D eigenvalue weighted by Gasteiger charge is 2.55. The van der Waals surface area contributed by atoms with Crippen molar-refractivity contribution in [2.24, 2.45) is 0 Å². The molecule has 0 radical (unpaired) electrons. The minimum Gasteiger partial charge on any atom is -0.497 e. The highest BCUT2D eigenvalue weighted by Crippen LogP contribution is 2.43. The molecule has 0 saturated carbocycles. The van der Waals surface area contributed by atoms with Crippen LogP contribution in [0.4, 0.5) is 0 Å². The van der Waals surface area contributed by atoms with E-state index in [9.17, 15) is 9.59 Å². The largest absolute Gasteiger partial charge is 0.497 e. The molecule has 6 nitrogen and oxygen atoms in total. The lowest BCUT2D eigenvalue weighted by molar-refractivity contribution is -0.151. The number of methoxy groups -OCH3 is 2. The van der Waals surface area contributed by atoms with Crippen LogP contribution in [0.25, 0.3) is 0 Å². The highest BCUT2D eigenvalue weighted by molar-refractivity contribution is 8.02. The topological polar surface area (TPSA) is 59.1 Å². The van der Waals surface area contributed by atoms with Gasteiger partial charge in [-0.1, -0.05) is 36.0 Å². The van der Waals surface area contributed by atoms with E-state index < -0.39 is 10.7 Å². The summed E-state index contributed by atoms with van der Waals surface area (Å²) in [4.78, 5) is 29.0. The van der Waals surface area contributed by atoms with Crippen LogP contribution < -0.4 is 9.47 Å². The maximum absolute atomic E-state index is 12.8. The summed E-state index contributed by atoms with van der Waals surface area (Å²) in [5, 5.41) is -0.884. The van der Waals surface area contributed by atoms with Crippen molar-refractivity contribution in [1.29, 1.82) is 0 Å². The number of fused-ring (bicyclic) bond motifs is 2. The molecule has 4 rings (SSSR count). The van der Waals surface area contributed by atoms with E-state index in [2.05, 4.69) is 0 Å². The van der Waals surface area contributed by atoms with E-state index in [0.717, 1.165) is 22.6 Å². The Morgan fingerprint density at radius 3 is 1.44 bits per heavy atom. The maximum Gasteiger partial charge on any atom is 0.257 e. The van der Waals surface area contributed by atoms with Gasteiger partial charge in [-0.25, -0.2) is 0 Å². The standard InChI is InChI=1S/C20H20N2O4S/c1-25-15-7-3-13(4-8-15)11-21-17(23)20-22(18(24)19(21)27-20)12-14-5-9-16(26-2)10-6-14/h3-10,19-20H,11-12H2,1-2H3. The summed E-state index contributed by atoms with van der Waals surface area (Å²) in [5.74, 6) is 1.52. The maximum atomic E-state index is 12.8. The smallest absolute Gasteiger partial charge is 0.257 e. The number of thioether (sulfide) groups is 1. The van der Waals surface area contributed by atoms with Gasteiger partial charge in [-0.15, -0.1) is 0 Å². The third-order valence-corrected chi connectivity index (χ3v) is 6.26. The van der Waals surface area contributed by atoms with Crippen LogP contribution in [0.1, 0.15) is 11.1 Å². The molecule has 2 amide bonds. The van der Waals surface area contributed by atoms with E-state index in [-0.39, 0.29) is 11.8 Å². The van der Waals surface area contributed by atoms with Gasteiger partial charge in [0.05, 0.1) is 14.2 Å². The van der Waals surface area contributed by atoms with E-state index in [1.54, 1.807) is 24.0 Å². The first-order valence-corrected chi connectivity index (χ1v) is 9.57. The van der Waals surface area contributed by atoms with Gasteiger partial charge in [0.15, 0.2) is 10.7 Å². The van der Waals surface area contributed by atoms with Gasteiger partial charge in [-0.3, -0.25) is 9.59 Å². The van der Waals surface area contributed by atoms with Crippen LogP contribution in [0, 0.1) is 0 Å². The summed E-state index contributed by atoms with van der Waals surface area (Å²) in [5.41, 5.74) is 1.96. The SMILES string of the molecule is COc1ccc(CN2C(=O)C3SC2C(=O)N3Cc2ccc(OC)cc2)cc1. The molecule has 2 aliphatic rings. The third-order valence-electron chi connectivity index (χ3n) is 4.84. The number of carbonyl (C=O) groups is 2. The molecule has 0 aliphatic carbocycles. The predicted octanol–water partition coefficient (Wildman–Crippen LogP) is 2.47. The Morgan fingerprint density at radius 1 is 0.741 bits per heavy atom. The molecule has 2 aromatic rings. The van der Waals surface area contributed by atoms with Gasteiger partial charge in [0.25, 0.3) is 11.8 Å². The average Bonchev–Trinajstić information content (AvgIpc) is 3.19. The first kappa shape index (κ1) is 17.7. The van der Waals surface area contributed by atoms with Crippen molar-refractivity contribution in [2.45, 2.75) is 23.8 Å². The van der Waals surface area contributed by atoms with Crippen molar-refractivity contribution in [2.75, 3.05) is 14.2 Å². The van der Waals surface area contributed by atoms with Crippen molar-refractivity contribution in [3.63, 3.8) is 0 Å². The Balaban J connectivity index is 1.45. The monoisotopic (exact) mass is 384 g/mol. The van der Waals surface area contributed by atoms with Gasteiger partial charge in [0.1, 0.15) is 11.5 Å². The second kappa shape index (κ2) is 7.15. The van der Waals surface area contributed by atoms with Crippen molar-refractivity contribution < 1.29 is 19.1 Å². The number of benzene rings is 2. The first-order valence-electron chi connectivity index (χ1n) is 8.63. The molecule has 0 aromatic heterocycles. The molecular formula is C20H20N2O4S. The van der Waals surface area contributed by atoms with Crippen LogP contribution in [0.2, 0.25) is 0 Å². The Bertz CT molecular complexity index is 782. The summed E-state index contributed by atoms with van der Waals surface area (Å²) in [7, 11) is 3.23. The van der Waals surface area contributed by atoms with Crippen LogP contribution in [0.15, 0.2) is 48.5 Å². The fraction of sp³-hybridized carbons (Fsp3) is 0.300. The number of amides is 2. The molecule has 7 heteroatoms. The number of hydrogen-bond acceptors (Lipinski definition) is 5. The van der Waals surface area contributed by atoms with E-state index in [0.29, 0.717) is 13.1 Å². The highest BCUT2D eigenvalue weighted by atomic mass is 32.2. The molecular weight excluding hydrogens is 364 g/mol. The zero-order valence-electron chi connectivity index (χ0n) is 15.1. The Hall–Kier alpha value is -2.67. The molecule has 2 unspecified atom stereocenters. The molecule has 2 atom stereocenters. The van der Waals surface area contributed by atoms with Gasteiger partial charge in [-0.2, -0.15) is 0 Å².